The van der Waals surface area contributed by atoms with Gasteiger partial charge in [-0.3, -0.25) is 4.79 Å². The van der Waals surface area contributed by atoms with E-state index in [4.69, 9.17) is 0 Å². The van der Waals surface area contributed by atoms with Crippen molar-refractivity contribution in [2.75, 3.05) is 5.32 Å². The molecule has 0 unspecified atom stereocenters. The smallest absolute Gasteiger partial charge is 0.152 e. The number of aldehydes is 1. The van der Waals surface area contributed by atoms with Crippen LogP contribution >= 0.6 is 0 Å². The largest absolute Gasteiger partial charge is 0.354 e. The number of rotatable bonds is 5. The quantitative estimate of drug-likeness (QED) is 0.734. The van der Waals surface area contributed by atoms with Crippen molar-refractivity contribution in [1.29, 1.82) is 0 Å². The Morgan fingerprint density at radius 2 is 1.43 bits per heavy atom. The van der Waals surface area contributed by atoms with Gasteiger partial charge in [-0.05, 0) is 35.1 Å². The molecule has 1 N–H and O–H groups in total. The third-order valence-electron chi connectivity index (χ3n) is 3.72. The van der Waals surface area contributed by atoms with Crippen molar-refractivity contribution in [3.8, 4) is 0 Å². The van der Waals surface area contributed by atoms with Crippen molar-refractivity contribution in [2.45, 2.75) is 39.5 Å². The Labute approximate surface area is 127 Å². The zero-order valence-corrected chi connectivity index (χ0v) is 13.2. The predicted molar refractivity (Wildman–Crippen MR) is 89.7 cm³/mol. The molecule has 0 radical (unpaired) electrons. The molecule has 0 aromatic heterocycles. The molecule has 2 aromatic rings. The van der Waals surface area contributed by atoms with Crippen molar-refractivity contribution in [3.63, 3.8) is 0 Å². The minimum atomic E-state index is 0.426. The van der Waals surface area contributed by atoms with E-state index in [1.807, 2.05) is 24.3 Å². The van der Waals surface area contributed by atoms with Gasteiger partial charge in [0.2, 0.25) is 0 Å². The summed E-state index contributed by atoms with van der Waals surface area (Å²) in [4.78, 5) is 11.2. The van der Waals surface area contributed by atoms with E-state index in [1.54, 1.807) is 0 Å². The van der Waals surface area contributed by atoms with Crippen molar-refractivity contribution >= 4 is 17.7 Å². The van der Waals surface area contributed by atoms with Gasteiger partial charge in [0.05, 0.1) is 0 Å². The zero-order chi connectivity index (χ0) is 15.4. The summed E-state index contributed by atoms with van der Waals surface area (Å²) in [7, 11) is 0. The maximum Gasteiger partial charge on any atom is 0.152 e. The van der Waals surface area contributed by atoms with Gasteiger partial charge in [-0.25, -0.2) is 0 Å². The average molecular weight is 281 g/mol. The Balaban J connectivity index is 2.54. The summed E-state index contributed by atoms with van der Waals surface area (Å²) >= 11 is 0. The van der Waals surface area contributed by atoms with Gasteiger partial charge >= 0.3 is 0 Å². The minimum Gasteiger partial charge on any atom is -0.354 e. The van der Waals surface area contributed by atoms with Crippen molar-refractivity contribution in [3.05, 3.63) is 59.2 Å². The molecule has 0 amide bonds. The average Bonchev–Trinajstić information content (AvgIpc) is 2.47. The maximum absolute atomic E-state index is 11.2. The van der Waals surface area contributed by atoms with Crippen LogP contribution in [0.1, 0.15) is 61.0 Å². The highest BCUT2D eigenvalue weighted by Crippen LogP contribution is 2.35. The van der Waals surface area contributed by atoms with Gasteiger partial charge in [-0.1, -0.05) is 58.0 Å². The van der Waals surface area contributed by atoms with Crippen LogP contribution in [0.3, 0.4) is 0 Å². The van der Waals surface area contributed by atoms with Gasteiger partial charge in [0.25, 0.3) is 0 Å². The summed E-state index contributed by atoms with van der Waals surface area (Å²) in [5.74, 6) is 0.851. The SMILES string of the molecule is CC(C)c1cccc(C(C)C)c1Nc1ccccc1C=O. The Morgan fingerprint density at radius 1 is 0.857 bits per heavy atom. The molecule has 0 saturated carbocycles. The first-order chi connectivity index (χ1) is 10.0. The van der Waals surface area contributed by atoms with Crippen molar-refractivity contribution < 1.29 is 4.79 Å². The first kappa shape index (κ1) is 15.3. The molecule has 0 aliphatic rings. The molecule has 0 bridgehead atoms. The second-order valence-corrected chi connectivity index (χ2v) is 5.95. The van der Waals surface area contributed by atoms with Crippen LogP contribution in [0.25, 0.3) is 0 Å². The number of carbonyl (C=O) groups excluding carboxylic acids is 1. The Hall–Kier alpha value is -2.09. The molecule has 0 heterocycles. The van der Waals surface area contributed by atoms with Crippen LogP contribution in [0.5, 0.6) is 0 Å². The van der Waals surface area contributed by atoms with Crippen LogP contribution < -0.4 is 5.32 Å². The molecule has 2 aromatic carbocycles. The maximum atomic E-state index is 11.2. The van der Waals surface area contributed by atoms with Crippen LogP contribution in [0.4, 0.5) is 11.4 Å². The normalized spacial score (nSPS) is 11.0. The molecular weight excluding hydrogens is 258 g/mol. The molecule has 0 aliphatic carbocycles. The third-order valence-corrected chi connectivity index (χ3v) is 3.72. The van der Waals surface area contributed by atoms with Gasteiger partial charge in [-0.2, -0.15) is 0 Å². The van der Waals surface area contributed by atoms with E-state index in [1.165, 1.54) is 11.1 Å². The molecule has 110 valence electrons. The second-order valence-electron chi connectivity index (χ2n) is 5.95. The molecule has 2 rings (SSSR count). The van der Waals surface area contributed by atoms with Gasteiger partial charge in [0, 0.05) is 16.9 Å². The highest BCUT2D eigenvalue weighted by atomic mass is 16.1. The summed E-state index contributed by atoms with van der Waals surface area (Å²) in [6.07, 6.45) is 0.898. The van der Waals surface area contributed by atoms with E-state index >= 15 is 0 Å². The number of nitrogens with one attached hydrogen (secondary N) is 1. The standard InChI is InChI=1S/C19H23NO/c1-13(2)16-9-7-10-17(14(3)4)19(16)20-18-11-6-5-8-15(18)12-21/h5-14,20H,1-4H3. The Morgan fingerprint density at radius 3 is 1.95 bits per heavy atom. The number of carbonyl (C=O) groups is 1. The van der Waals surface area contributed by atoms with E-state index in [0.717, 1.165) is 17.7 Å². The molecular formula is C19H23NO. The van der Waals surface area contributed by atoms with E-state index in [9.17, 15) is 4.79 Å². The summed E-state index contributed by atoms with van der Waals surface area (Å²) in [5.41, 5.74) is 5.24. The van der Waals surface area contributed by atoms with Gasteiger partial charge in [-0.15, -0.1) is 0 Å². The van der Waals surface area contributed by atoms with E-state index < -0.39 is 0 Å². The lowest BCUT2D eigenvalue weighted by atomic mass is 9.92. The molecule has 0 fully saturated rings. The highest BCUT2D eigenvalue weighted by Gasteiger charge is 2.14. The molecule has 2 nitrogen and oxygen atoms in total. The summed E-state index contributed by atoms with van der Waals surface area (Å²) < 4.78 is 0. The zero-order valence-electron chi connectivity index (χ0n) is 13.2. The van der Waals surface area contributed by atoms with E-state index in [2.05, 4.69) is 51.2 Å². The molecule has 0 saturated heterocycles. The summed E-state index contributed by atoms with van der Waals surface area (Å²) in [5, 5.41) is 3.49. The minimum absolute atomic E-state index is 0.426. The van der Waals surface area contributed by atoms with E-state index in [0.29, 0.717) is 17.4 Å². The van der Waals surface area contributed by atoms with E-state index in [-0.39, 0.29) is 0 Å². The fraction of sp³-hybridized carbons (Fsp3) is 0.316. The topological polar surface area (TPSA) is 29.1 Å². The van der Waals surface area contributed by atoms with Crippen LogP contribution in [0, 0.1) is 0 Å². The van der Waals surface area contributed by atoms with Gasteiger partial charge < -0.3 is 5.32 Å². The fourth-order valence-electron chi connectivity index (χ4n) is 2.54. The Bertz CT molecular complexity index is 603. The second kappa shape index (κ2) is 6.57. The molecule has 0 spiro atoms. The van der Waals surface area contributed by atoms with Gasteiger partial charge in [0.15, 0.2) is 6.29 Å². The van der Waals surface area contributed by atoms with Crippen LogP contribution in [-0.4, -0.2) is 6.29 Å². The summed E-state index contributed by atoms with van der Waals surface area (Å²) in [6.45, 7) is 8.76. The lowest BCUT2D eigenvalue weighted by Crippen LogP contribution is -2.05. The predicted octanol–water partition coefficient (Wildman–Crippen LogP) is 5.49. The van der Waals surface area contributed by atoms with Crippen LogP contribution in [0.2, 0.25) is 0 Å². The fourth-order valence-corrected chi connectivity index (χ4v) is 2.54. The molecule has 21 heavy (non-hydrogen) atoms. The number of anilines is 2. The Kier molecular flexibility index (Phi) is 4.79. The molecule has 0 atom stereocenters. The third kappa shape index (κ3) is 3.33. The lowest BCUT2D eigenvalue weighted by Gasteiger charge is -2.21. The number of hydrogen-bond donors (Lipinski definition) is 1. The number of benzene rings is 2. The summed E-state index contributed by atoms with van der Waals surface area (Å²) in [6, 6.07) is 14.0. The lowest BCUT2D eigenvalue weighted by molar-refractivity contribution is 0.112. The first-order valence-corrected chi connectivity index (χ1v) is 7.48. The highest BCUT2D eigenvalue weighted by molar-refractivity contribution is 5.86. The monoisotopic (exact) mass is 281 g/mol. The van der Waals surface area contributed by atoms with Crippen molar-refractivity contribution in [2.24, 2.45) is 0 Å². The van der Waals surface area contributed by atoms with Crippen molar-refractivity contribution in [1.82, 2.24) is 0 Å². The molecule has 2 heteroatoms. The first-order valence-electron chi connectivity index (χ1n) is 7.48. The van der Waals surface area contributed by atoms with Gasteiger partial charge in [0.1, 0.15) is 0 Å². The number of para-hydroxylation sites is 2. The van der Waals surface area contributed by atoms with Crippen LogP contribution in [-0.2, 0) is 0 Å². The molecule has 0 aliphatic heterocycles. The number of hydrogen-bond acceptors (Lipinski definition) is 2. The van der Waals surface area contributed by atoms with Crippen LogP contribution in [0.15, 0.2) is 42.5 Å².